The van der Waals surface area contributed by atoms with E-state index in [1.54, 1.807) is 30.3 Å². The SMILES string of the molecule is O=C(Nc1cc(C(F)(F)F)cc(C(F)(F)F)c1)c1ccc(Cc2ccccc2)c(C(=O)O)c1. The van der Waals surface area contributed by atoms with Gasteiger partial charge in [-0.1, -0.05) is 36.4 Å². The van der Waals surface area contributed by atoms with Crippen molar-refractivity contribution in [3.05, 3.63) is 100 Å². The van der Waals surface area contributed by atoms with Crippen molar-refractivity contribution in [3.63, 3.8) is 0 Å². The van der Waals surface area contributed by atoms with Crippen LogP contribution in [0.4, 0.5) is 32.0 Å². The zero-order valence-corrected chi connectivity index (χ0v) is 16.6. The number of carboxylic acid groups (broad SMARTS) is 1. The summed E-state index contributed by atoms with van der Waals surface area (Å²) in [5.74, 6) is -2.40. The van der Waals surface area contributed by atoms with Crippen LogP contribution < -0.4 is 5.32 Å². The molecule has 0 fully saturated rings. The van der Waals surface area contributed by atoms with Crippen LogP contribution in [0.1, 0.15) is 43.0 Å². The number of halogens is 6. The van der Waals surface area contributed by atoms with Gasteiger partial charge in [0.05, 0.1) is 16.7 Å². The largest absolute Gasteiger partial charge is 0.478 e. The van der Waals surface area contributed by atoms with E-state index in [0.29, 0.717) is 17.7 Å². The quantitative estimate of drug-likeness (QED) is 0.435. The molecule has 33 heavy (non-hydrogen) atoms. The van der Waals surface area contributed by atoms with Crippen molar-refractivity contribution < 1.29 is 41.0 Å². The second-order valence-corrected chi connectivity index (χ2v) is 7.09. The minimum absolute atomic E-state index is 0.0590. The molecule has 3 aromatic rings. The third kappa shape index (κ3) is 5.91. The normalized spacial score (nSPS) is 11.8. The first kappa shape index (κ1) is 23.8. The Balaban J connectivity index is 1.93. The lowest BCUT2D eigenvalue weighted by Crippen LogP contribution is -2.16. The second kappa shape index (κ2) is 8.97. The molecule has 0 aliphatic heterocycles. The van der Waals surface area contributed by atoms with E-state index in [1.807, 2.05) is 5.32 Å². The molecular weight excluding hydrogens is 452 g/mol. The van der Waals surface area contributed by atoms with E-state index < -0.39 is 41.0 Å². The van der Waals surface area contributed by atoms with Crippen molar-refractivity contribution >= 4 is 17.6 Å². The number of rotatable bonds is 5. The van der Waals surface area contributed by atoms with Gasteiger partial charge in [-0.3, -0.25) is 4.79 Å². The van der Waals surface area contributed by atoms with Crippen LogP contribution in [0.25, 0.3) is 0 Å². The molecule has 3 aromatic carbocycles. The molecule has 3 rings (SSSR count). The molecule has 10 heteroatoms. The molecule has 0 heterocycles. The maximum Gasteiger partial charge on any atom is 0.416 e. The van der Waals surface area contributed by atoms with Crippen LogP contribution in [0, 0.1) is 0 Å². The Morgan fingerprint density at radius 1 is 0.788 bits per heavy atom. The fraction of sp³-hybridized carbons (Fsp3) is 0.130. The number of amides is 1. The predicted octanol–water partition coefficient (Wildman–Crippen LogP) is 6.27. The molecule has 0 saturated carbocycles. The topological polar surface area (TPSA) is 66.4 Å². The maximum absolute atomic E-state index is 13.0. The summed E-state index contributed by atoms with van der Waals surface area (Å²) in [5, 5.41) is 11.5. The Kier molecular flexibility index (Phi) is 6.48. The first-order chi connectivity index (χ1) is 15.3. The van der Waals surface area contributed by atoms with Crippen molar-refractivity contribution in [1.29, 1.82) is 0 Å². The first-order valence-corrected chi connectivity index (χ1v) is 9.35. The third-order valence-corrected chi connectivity index (χ3v) is 4.69. The lowest BCUT2D eigenvalue weighted by Gasteiger charge is -2.15. The lowest BCUT2D eigenvalue weighted by molar-refractivity contribution is -0.143. The molecule has 0 saturated heterocycles. The number of aromatic carboxylic acids is 1. The van der Waals surface area contributed by atoms with Gasteiger partial charge in [-0.05, 0) is 47.9 Å². The molecular formula is C23H15F6NO3. The Morgan fingerprint density at radius 2 is 1.36 bits per heavy atom. The minimum atomic E-state index is -5.07. The minimum Gasteiger partial charge on any atom is -0.478 e. The molecule has 0 spiro atoms. The number of carbonyl (C=O) groups is 2. The zero-order chi connectivity index (χ0) is 24.4. The Labute approximate surface area is 183 Å². The van der Waals surface area contributed by atoms with Crippen LogP contribution in [-0.2, 0) is 18.8 Å². The lowest BCUT2D eigenvalue weighted by atomic mass is 9.97. The zero-order valence-electron chi connectivity index (χ0n) is 16.6. The number of carboxylic acids is 1. The molecule has 0 aromatic heterocycles. The van der Waals surface area contributed by atoms with Crippen molar-refractivity contribution in [3.8, 4) is 0 Å². The highest BCUT2D eigenvalue weighted by molar-refractivity contribution is 6.06. The van der Waals surface area contributed by atoms with Crippen molar-refractivity contribution in [2.45, 2.75) is 18.8 Å². The standard InChI is InChI=1S/C23H15F6NO3/c24-22(25,26)16-10-17(23(27,28)29)12-18(11-16)30-20(31)15-7-6-14(19(9-15)21(32)33)8-13-4-2-1-3-5-13/h1-7,9-12H,8H2,(H,30,31)(H,32,33). The molecule has 0 atom stereocenters. The maximum atomic E-state index is 13.0. The van der Waals surface area contributed by atoms with Gasteiger partial charge in [-0.2, -0.15) is 26.3 Å². The van der Waals surface area contributed by atoms with Crippen LogP contribution in [0.2, 0.25) is 0 Å². The van der Waals surface area contributed by atoms with Gasteiger partial charge < -0.3 is 10.4 Å². The average molecular weight is 467 g/mol. The van der Waals surface area contributed by atoms with Crippen LogP contribution in [0.5, 0.6) is 0 Å². The predicted molar refractivity (Wildman–Crippen MR) is 107 cm³/mol. The van der Waals surface area contributed by atoms with Crippen LogP contribution in [0.15, 0.2) is 66.7 Å². The van der Waals surface area contributed by atoms with Crippen LogP contribution in [0.3, 0.4) is 0 Å². The number of carbonyl (C=O) groups excluding carboxylic acids is 1. The molecule has 0 bridgehead atoms. The summed E-state index contributed by atoms with van der Waals surface area (Å²) < 4.78 is 78.1. The monoisotopic (exact) mass is 467 g/mol. The number of anilines is 1. The van der Waals surface area contributed by atoms with E-state index in [0.717, 1.165) is 11.6 Å². The van der Waals surface area contributed by atoms with Gasteiger partial charge in [-0.25, -0.2) is 4.79 Å². The number of hydrogen-bond acceptors (Lipinski definition) is 2. The number of hydrogen-bond donors (Lipinski definition) is 2. The molecule has 0 aliphatic carbocycles. The second-order valence-electron chi connectivity index (χ2n) is 7.09. The molecule has 1 amide bonds. The van der Waals surface area contributed by atoms with Crippen molar-refractivity contribution in [2.75, 3.05) is 5.32 Å². The van der Waals surface area contributed by atoms with Gasteiger partial charge in [0.15, 0.2) is 0 Å². The smallest absolute Gasteiger partial charge is 0.416 e. The third-order valence-electron chi connectivity index (χ3n) is 4.69. The summed E-state index contributed by atoms with van der Waals surface area (Å²) in [6.07, 6.45) is -9.90. The van der Waals surface area contributed by atoms with Crippen molar-refractivity contribution in [2.24, 2.45) is 0 Å². The molecule has 2 N–H and O–H groups in total. The first-order valence-electron chi connectivity index (χ1n) is 9.35. The highest BCUT2D eigenvalue weighted by atomic mass is 19.4. The average Bonchev–Trinajstić information content (AvgIpc) is 2.73. The fourth-order valence-electron chi connectivity index (χ4n) is 3.12. The summed E-state index contributed by atoms with van der Waals surface area (Å²) in [4.78, 5) is 24.2. The Hall–Kier alpha value is -3.82. The summed E-state index contributed by atoms with van der Waals surface area (Å²) in [5.41, 5.74) is -3.17. The fourth-order valence-corrected chi connectivity index (χ4v) is 3.12. The summed E-state index contributed by atoms with van der Waals surface area (Å²) >= 11 is 0. The van der Waals surface area contributed by atoms with Gasteiger partial charge >= 0.3 is 18.3 Å². The number of benzene rings is 3. The van der Waals surface area contributed by atoms with E-state index in [2.05, 4.69) is 0 Å². The molecule has 0 unspecified atom stereocenters. The summed E-state index contributed by atoms with van der Waals surface area (Å²) in [6, 6.07) is 13.2. The highest BCUT2D eigenvalue weighted by Gasteiger charge is 2.37. The number of alkyl halides is 6. The van der Waals surface area contributed by atoms with Crippen LogP contribution in [-0.4, -0.2) is 17.0 Å². The van der Waals surface area contributed by atoms with Gasteiger partial charge in [-0.15, -0.1) is 0 Å². The summed E-state index contributed by atoms with van der Waals surface area (Å²) in [7, 11) is 0. The Morgan fingerprint density at radius 3 is 1.88 bits per heavy atom. The van der Waals surface area contributed by atoms with Gasteiger partial charge in [0.2, 0.25) is 0 Å². The Bertz CT molecular complexity index is 1150. The van der Waals surface area contributed by atoms with Gasteiger partial charge in [0, 0.05) is 11.3 Å². The van der Waals surface area contributed by atoms with E-state index in [1.165, 1.54) is 12.1 Å². The van der Waals surface area contributed by atoms with E-state index >= 15 is 0 Å². The van der Waals surface area contributed by atoms with E-state index in [4.69, 9.17) is 0 Å². The van der Waals surface area contributed by atoms with E-state index in [9.17, 15) is 41.0 Å². The molecule has 0 aliphatic rings. The number of nitrogens with one attached hydrogen (secondary N) is 1. The van der Waals surface area contributed by atoms with Gasteiger partial charge in [0.1, 0.15) is 0 Å². The van der Waals surface area contributed by atoms with Crippen molar-refractivity contribution in [1.82, 2.24) is 0 Å². The van der Waals surface area contributed by atoms with E-state index in [-0.39, 0.29) is 23.6 Å². The van der Waals surface area contributed by atoms with Gasteiger partial charge in [0.25, 0.3) is 5.91 Å². The molecule has 4 nitrogen and oxygen atoms in total. The molecule has 172 valence electrons. The van der Waals surface area contributed by atoms with Crippen LogP contribution >= 0.6 is 0 Å². The summed E-state index contributed by atoms with van der Waals surface area (Å²) in [6.45, 7) is 0. The highest BCUT2D eigenvalue weighted by Crippen LogP contribution is 2.37. The molecule has 0 radical (unpaired) electrons.